The predicted molar refractivity (Wildman–Crippen MR) is 110 cm³/mol. The Kier molecular flexibility index (Phi) is 7.05. The zero-order chi connectivity index (χ0) is 20.6. The zero-order valence-electron chi connectivity index (χ0n) is 16.5. The lowest BCUT2D eigenvalue weighted by Gasteiger charge is -2.32. The molecule has 0 bridgehead atoms. The number of anilines is 1. The molecule has 1 heterocycles. The number of para-hydroxylation sites is 1. The summed E-state index contributed by atoms with van der Waals surface area (Å²) in [7, 11) is 0. The van der Waals surface area contributed by atoms with Crippen molar-refractivity contribution in [1.29, 1.82) is 0 Å². The van der Waals surface area contributed by atoms with E-state index >= 15 is 0 Å². The average molecular weight is 399 g/mol. The van der Waals surface area contributed by atoms with Crippen molar-refractivity contribution in [3.05, 3.63) is 59.9 Å². The lowest BCUT2D eigenvalue weighted by Crippen LogP contribution is -2.43. The molecule has 1 aliphatic rings. The van der Waals surface area contributed by atoms with E-state index in [9.17, 15) is 14.0 Å². The topological polar surface area (TPSA) is 70.7 Å². The van der Waals surface area contributed by atoms with Crippen LogP contribution in [0.5, 0.6) is 5.75 Å². The molecule has 1 aliphatic heterocycles. The molecular weight excluding hydrogens is 373 g/mol. The standard InChI is InChI=1S/C22H26FN3O3/c1-2-29-20-6-4-3-5-19(20)21(27)24-15-16-11-13-26(14-12-16)22(28)25-18-9-7-17(23)8-10-18/h3-10,16H,2,11-15H2,1H3,(H,24,27)(H,25,28). The van der Waals surface area contributed by atoms with Crippen LogP contribution in [0.15, 0.2) is 48.5 Å². The van der Waals surface area contributed by atoms with Crippen LogP contribution in [0.25, 0.3) is 0 Å². The van der Waals surface area contributed by atoms with Crippen molar-refractivity contribution >= 4 is 17.6 Å². The maximum Gasteiger partial charge on any atom is 0.321 e. The fraction of sp³-hybridized carbons (Fsp3) is 0.364. The molecule has 0 saturated carbocycles. The van der Waals surface area contributed by atoms with Gasteiger partial charge in [0.25, 0.3) is 5.91 Å². The van der Waals surface area contributed by atoms with E-state index in [2.05, 4.69) is 10.6 Å². The monoisotopic (exact) mass is 399 g/mol. The number of likely N-dealkylation sites (tertiary alicyclic amines) is 1. The van der Waals surface area contributed by atoms with Crippen molar-refractivity contribution < 1.29 is 18.7 Å². The van der Waals surface area contributed by atoms with E-state index in [0.29, 0.717) is 49.2 Å². The molecule has 2 aromatic rings. The summed E-state index contributed by atoms with van der Waals surface area (Å²) in [5.41, 5.74) is 1.10. The molecule has 0 aromatic heterocycles. The van der Waals surface area contributed by atoms with Crippen LogP contribution in [0.3, 0.4) is 0 Å². The van der Waals surface area contributed by atoms with Crippen molar-refractivity contribution in [2.24, 2.45) is 5.92 Å². The van der Waals surface area contributed by atoms with Gasteiger partial charge in [0.1, 0.15) is 11.6 Å². The lowest BCUT2D eigenvalue weighted by molar-refractivity contribution is 0.0935. The van der Waals surface area contributed by atoms with Crippen LogP contribution in [0, 0.1) is 11.7 Å². The number of halogens is 1. The molecule has 7 heteroatoms. The summed E-state index contributed by atoms with van der Waals surface area (Å²) < 4.78 is 18.5. The number of nitrogens with one attached hydrogen (secondary N) is 2. The number of carbonyl (C=O) groups excluding carboxylic acids is 2. The molecule has 29 heavy (non-hydrogen) atoms. The van der Waals surface area contributed by atoms with Gasteiger partial charge in [0.05, 0.1) is 12.2 Å². The van der Waals surface area contributed by atoms with E-state index in [1.807, 2.05) is 19.1 Å². The Morgan fingerprint density at radius 3 is 2.48 bits per heavy atom. The fourth-order valence-corrected chi connectivity index (χ4v) is 3.34. The van der Waals surface area contributed by atoms with Gasteiger partial charge in [0.15, 0.2) is 0 Å². The quantitative estimate of drug-likeness (QED) is 0.774. The third-order valence-electron chi connectivity index (χ3n) is 4.98. The van der Waals surface area contributed by atoms with Crippen LogP contribution in [-0.4, -0.2) is 43.1 Å². The average Bonchev–Trinajstić information content (AvgIpc) is 2.74. The first kappa shape index (κ1) is 20.6. The number of hydrogen-bond donors (Lipinski definition) is 2. The Hall–Kier alpha value is -3.09. The van der Waals surface area contributed by atoms with Gasteiger partial charge >= 0.3 is 6.03 Å². The molecule has 1 saturated heterocycles. The fourth-order valence-electron chi connectivity index (χ4n) is 3.34. The Bertz CT molecular complexity index is 833. The molecule has 3 rings (SSSR count). The first-order chi connectivity index (χ1) is 14.1. The number of urea groups is 1. The summed E-state index contributed by atoms with van der Waals surface area (Å²) in [6.45, 7) is 4.18. The van der Waals surface area contributed by atoms with Crippen LogP contribution >= 0.6 is 0 Å². The van der Waals surface area contributed by atoms with E-state index in [1.165, 1.54) is 24.3 Å². The van der Waals surface area contributed by atoms with E-state index in [-0.39, 0.29) is 17.8 Å². The molecule has 2 N–H and O–H groups in total. The third kappa shape index (κ3) is 5.70. The molecule has 1 fully saturated rings. The minimum atomic E-state index is -0.338. The summed E-state index contributed by atoms with van der Waals surface area (Å²) in [5, 5.41) is 5.76. The molecule has 0 unspecified atom stereocenters. The lowest BCUT2D eigenvalue weighted by atomic mass is 9.97. The molecule has 0 aliphatic carbocycles. The van der Waals surface area contributed by atoms with Gasteiger partial charge in [0, 0.05) is 25.3 Å². The van der Waals surface area contributed by atoms with Crippen LogP contribution < -0.4 is 15.4 Å². The second kappa shape index (κ2) is 9.91. The molecule has 0 radical (unpaired) electrons. The minimum Gasteiger partial charge on any atom is -0.493 e. The summed E-state index contributed by atoms with van der Waals surface area (Å²) in [4.78, 5) is 26.6. The van der Waals surface area contributed by atoms with E-state index in [1.54, 1.807) is 17.0 Å². The highest BCUT2D eigenvalue weighted by molar-refractivity contribution is 5.96. The second-order valence-electron chi connectivity index (χ2n) is 7.01. The molecule has 3 amide bonds. The van der Waals surface area contributed by atoms with Gasteiger partial charge in [0.2, 0.25) is 0 Å². The largest absolute Gasteiger partial charge is 0.493 e. The van der Waals surface area contributed by atoms with Gasteiger partial charge in [-0.2, -0.15) is 0 Å². The van der Waals surface area contributed by atoms with Gasteiger partial charge in [-0.1, -0.05) is 12.1 Å². The van der Waals surface area contributed by atoms with E-state index in [4.69, 9.17) is 4.74 Å². The number of rotatable bonds is 6. The maximum absolute atomic E-state index is 13.0. The Morgan fingerprint density at radius 2 is 1.79 bits per heavy atom. The number of carbonyl (C=O) groups is 2. The van der Waals surface area contributed by atoms with Crippen molar-refractivity contribution in [1.82, 2.24) is 10.2 Å². The van der Waals surface area contributed by atoms with Gasteiger partial charge in [-0.3, -0.25) is 4.79 Å². The van der Waals surface area contributed by atoms with Crippen LogP contribution in [0.1, 0.15) is 30.1 Å². The van der Waals surface area contributed by atoms with Crippen LogP contribution in [0.2, 0.25) is 0 Å². The summed E-state index contributed by atoms with van der Waals surface area (Å²) in [6, 6.07) is 12.7. The van der Waals surface area contributed by atoms with E-state index in [0.717, 1.165) is 12.8 Å². The van der Waals surface area contributed by atoms with Crippen LogP contribution in [0.4, 0.5) is 14.9 Å². The van der Waals surface area contributed by atoms with Gasteiger partial charge in [-0.15, -0.1) is 0 Å². The van der Waals surface area contributed by atoms with Gasteiger partial charge in [-0.05, 0) is 62.1 Å². The smallest absolute Gasteiger partial charge is 0.321 e. The molecule has 154 valence electrons. The van der Waals surface area contributed by atoms with Crippen molar-refractivity contribution in [2.75, 3.05) is 31.6 Å². The Balaban J connectivity index is 1.44. The van der Waals surface area contributed by atoms with Crippen molar-refractivity contribution in [2.45, 2.75) is 19.8 Å². The maximum atomic E-state index is 13.0. The highest BCUT2D eigenvalue weighted by atomic mass is 19.1. The number of hydrogen-bond acceptors (Lipinski definition) is 3. The predicted octanol–water partition coefficient (Wildman–Crippen LogP) is 3.90. The normalized spacial score (nSPS) is 14.3. The number of ether oxygens (including phenoxy) is 1. The number of amides is 3. The highest BCUT2D eigenvalue weighted by Gasteiger charge is 2.23. The third-order valence-corrected chi connectivity index (χ3v) is 4.98. The Morgan fingerprint density at radius 1 is 1.10 bits per heavy atom. The zero-order valence-corrected chi connectivity index (χ0v) is 16.5. The number of nitrogens with zero attached hydrogens (tertiary/aromatic N) is 1. The first-order valence-corrected chi connectivity index (χ1v) is 9.88. The SMILES string of the molecule is CCOc1ccccc1C(=O)NCC1CCN(C(=O)Nc2ccc(F)cc2)CC1. The molecule has 6 nitrogen and oxygen atoms in total. The van der Waals surface area contributed by atoms with Crippen molar-refractivity contribution in [3.8, 4) is 5.75 Å². The molecule has 0 spiro atoms. The highest BCUT2D eigenvalue weighted by Crippen LogP contribution is 2.20. The van der Waals surface area contributed by atoms with Crippen LogP contribution in [-0.2, 0) is 0 Å². The van der Waals surface area contributed by atoms with Crippen molar-refractivity contribution in [3.63, 3.8) is 0 Å². The van der Waals surface area contributed by atoms with E-state index < -0.39 is 0 Å². The summed E-state index contributed by atoms with van der Waals surface area (Å²) in [5.74, 6) is 0.410. The molecule has 2 aromatic carbocycles. The molecule has 0 atom stereocenters. The van der Waals surface area contributed by atoms with Gasteiger partial charge in [-0.25, -0.2) is 9.18 Å². The summed E-state index contributed by atoms with van der Waals surface area (Å²) >= 11 is 0. The minimum absolute atomic E-state index is 0.148. The first-order valence-electron chi connectivity index (χ1n) is 9.88. The Labute approximate surface area is 170 Å². The number of piperidine rings is 1. The summed E-state index contributed by atoms with van der Waals surface area (Å²) in [6.07, 6.45) is 1.62. The molecular formula is C22H26FN3O3. The number of benzene rings is 2. The van der Waals surface area contributed by atoms with Gasteiger partial charge < -0.3 is 20.3 Å². The second-order valence-corrected chi connectivity index (χ2v) is 7.01.